The third-order valence-corrected chi connectivity index (χ3v) is 3.08. The summed E-state index contributed by atoms with van der Waals surface area (Å²) >= 11 is 1.19. The van der Waals surface area contributed by atoms with Crippen molar-refractivity contribution in [3.63, 3.8) is 0 Å². The van der Waals surface area contributed by atoms with Gasteiger partial charge in [-0.2, -0.15) is 0 Å². The molecular weight excluding hydrogens is 252 g/mol. The van der Waals surface area contributed by atoms with Crippen LogP contribution in [0.5, 0.6) is 0 Å². The molecule has 1 heterocycles. The lowest BCUT2D eigenvalue weighted by Crippen LogP contribution is -2.19. The molecule has 2 rings (SSSR count). The number of hydrogen-bond acceptors (Lipinski definition) is 5. The lowest BCUT2D eigenvalue weighted by molar-refractivity contribution is -0.152. The first-order valence-corrected chi connectivity index (χ1v) is 6.46. The maximum Gasteiger partial charge on any atom is 0.375 e. The Bertz CT molecular complexity index is 546. The Balaban J connectivity index is 1.98. The van der Waals surface area contributed by atoms with Crippen molar-refractivity contribution in [1.29, 1.82) is 0 Å². The summed E-state index contributed by atoms with van der Waals surface area (Å²) < 4.78 is 4.62. The minimum atomic E-state index is -0.791. The molecule has 0 aliphatic rings. The van der Waals surface area contributed by atoms with Gasteiger partial charge in [-0.15, -0.1) is 0 Å². The number of carbonyl (C=O) groups excluding carboxylic acids is 2. The van der Waals surface area contributed by atoms with Gasteiger partial charge >= 0.3 is 5.97 Å². The van der Waals surface area contributed by atoms with E-state index in [0.717, 1.165) is 11.0 Å². The zero-order valence-corrected chi connectivity index (χ0v) is 10.6. The van der Waals surface area contributed by atoms with E-state index in [9.17, 15) is 9.59 Å². The van der Waals surface area contributed by atoms with E-state index >= 15 is 0 Å². The Hall–Kier alpha value is -1.82. The number of aromatic amines is 1. The van der Waals surface area contributed by atoms with Gasteiger partial charge in [0.1, 0.15) is 0 Å². The van der Waals surface area contributed by atoms with Crippen LogP contribution >= 0.6 is 11.8 Å². The minimum absolute atomic E-state index is 0.0264. The third-order valence-electron chi connectivity index (χ3n) is 2.21. The van der Waals surface area contributed by atoms with Crippen molar-refractivity contribution in [3.05, 3.63) is 24.3 Å². The Kier molecular flexibility index (Phi) is 3.99. The highest BCUT2D eigenvalue weighted by Gasteiger charge is 2.15. The number of esters is 1. The van der Waals surface area contributed by atoms with Crippen LogP contribution in [0.15, 0.2) is 29.4 Å². The number of carbonyl (C=O) groups is 2. The van der Waals surface area contributed by atoms with Crippen LogP contribution in [0.4, 0.5) is 0 Å². The van der Waals surface area contributed by atoms with Crippen LogP contribution in [0.1, 0.15) is 6.92 Å². The summed E-state index contributed by atoms with van der Waals surface area (Å²) in [6, 6.07) is 7.57. The molecule has 0 unspecified atom stereocenters. The predicted molar refractivity (Wildman–Crippen MR) is 68.5 cm³/mol. The minimum Gasteiger partial charge on any atom is -0.460 e. The first-order valence-electron chi connectivity index (χ1n) is 5.48. The zero-order chi connectivity index (χ0) is 13.0. The first-order chi connectivity index (χ1) is 8.70. The van der Waals surface area contributed by atoms with Crippen molar-refractivity contribution in [2.24, 2.45) is 0 Å². The fraction of sp³-hybridized carbons (Fsp3) is 0.250. The van der Waals surface area contributed by atoms with Crippen molar-refractivity contribution in [2.75, 3.05) is 12.4 Å². The van der Waals surface area contributed by atoms with Crippen molar-refractivity contribution in [2.45, 2.75) is 12.1 Å². The fourth-order valence-electron chi connectivity index (χ4n) is 1.40. The summed E-state index contributed by atoms with van der Waals surface area (Å²) in [5, 5.41) is 0.619. The van der Waals surface area contributed by atoms with Crippen LogP contribution in [0, 0.1) is 0 Å². The standard InChI is InChI=1S/C12H12N2O3S/c1-2-17-11(16)10(15)7-18-12-13-8-5-3-4-6-9(8)14-12/h3-6H,2,7H2,1H3,(H,13,14). The third kappa shape index (κ3) is 2.89. The van der Waals surface area contributed by atoms with Crippen molar-refractivity contribution >= 4 is 34.5 Å². The molecule has 1 aromatic heterocycles. The van der Waals surface area contributed by atoms with Crippen molar-refractivity contribution < 1.29 is 14.3 Å². The highest BCUT2D eigenvalue weighted by molar-refractivity contribution is 7.99. The maximum absolute atomic E-state index is 11.4. The number of para-hydroxylation sites is 2. The summed E-state index contributed by atoms with van der Waals surface area (Å²) in [7, 11) is 0. The Morgan fingerprint density at radius 3 is 2.89 bits per heavy atom. The monoisotopic (exact) mass is 264 g/mol. The fourth-order valence-corrected chi connectivity index (χ4v) is 2.13. The van der Waals surface area contributed by atoms with Gasteiger partial charge in [0.05, 0.1) is 23.4 Å². The number of aromatic nitrogens is 2. The Morgan fingerprint density at radius 1 is 1.39 bits per heavy atom. The SMILES string of the molecule is CCOC(=O)C(=O)CSc1nc2ccccc2[nH]1. The topological polar surface area (TPSA) is 72.1 Å². The smallest absolute Gasteiger partial charge is 0.375 e. The summed E-state index contributed by atoms with van der Waals surface area (Å²) in [5.74, 6) is -1.32. The van der Waals surface area contributed by atoms with Crippen molar-refractivity contribution in [1.82, 2.24) is 9.97 Å². The lowest BCUT2D eigenvalue weighted by Gasteiger charge is -1.98. The van der Waals surface area contributed by atoms with Crippen LogP contribution in [-0.2, 0) is 14.3 Å². The lowest BCUT2D eigenvalue weighted by atomic mass is 10.3. The molecule has 0 atom stereocenters. The molecule has 0 bridgehead atoms. The molecule has 18 heavy (non-hydrogen) atoms. The van der Waals surface area contributed by atoms with Crippen LogP contribution in [0.25, 0.3) is 11.0 Å². The van der Waals surface area contributed by atoms with Gasteiger partial charge in [-0.3, -0.25) is 4.79 Å². The second kappa shape index (κ2) is 5.68. The normalized spacial score (nSPS) is 10.5. The molecule has 0 fully saturated rings. The average Bonchev–Trinajstić information content (AvgIpc) is 2.78. The van der Waals surface area contributed by atoms with Gasteiger partial charge in [0.2, 0.25) is 5.78 Å². The molecule has 2 aromatic rings. The van der Waals surface area contributed by atoms with Crippen LogP contribution in [0.3, 0.4) is 0 Å². The second-order valence-corrected chi connectivity index (χ2v) is 4.46. The van der Waals surface area contributed by atoms with Gasteiger partial charge in [-0.25, -0.2) is 9.78 Å². The zero-order valence-electron chi connectivity index (χ0n) is 9.80. The molecule has 0 aliphatic heterocycles. The van der Waals surface area contributed by atoms with Crippen LogP contribution in [-0.4, -0.2) is 34.1 Å². The van der Waals surface area contributed by atoms with E-state index in [2.05, 4.69) is 14.7 Å². The van der Waals surface area contributed by atoms with Gasteiger partial charge < -0.3 is 9.72 Å². The molecule has 0 amide bonds. The number of benzene rings is 1. The number of Topliss-reactive ketones (excluding diaryl/α,β-unsaturated/α-hetero) is 1. The summed E-state index contributed by atoms with van der Waals surface area (Å²) in [5.41, 5.74) is 1.74. The molecule has 0 aliphatic carbocycles. The summed E-state index contributed by atoms with van der Waals surface area (Å²) in [6.45, 7) is 1.87. The van der Waals surface area contributed by atoms with Gasteiger partial charge in [-0.1, -0.05) is 23.9 Å². The van der Waals surface area contributed by atoms with E-state index in [4.69, 9.17) is 0 Å². The van der Waals surface area contributed by atoms with E-state index in [1.54, 1.807) is 6.92 Å². The highest BCUT2D eigenvalue weighted by Crippen LogP contribution is 2.19. The molecule has 94 valence electrons. The molecule has 6 heteroatoms. The van der Waals surface area contributed by atoms with Gasteiger partial charge in [-0.05, 0) is 19.1 Å². The van der Waals surface area contributed by atoms with Crippen LogP contribution in [0.2, 0.25) is 0 Å². The largest absolute Gasteiger partial charge is 0.460 e. The van der Waals surface area contributed by atoms with E-state index in [1.807, 2.05) is 24.3 Å². The maximum atomic E-state index is 11.4. The molecule has 1 N–H and O–H groups in total. The van der Waals surface area contributed by atoms with E-state index < -0.39 is 11.8 Å². The molecule has 0 saturated heterocycles. The number of imidazole rings is 1. The van der Waals surface area contributed by atoms with Gasteiger partial charge in [0.15, 0.2) is 5.16 Å². The van der Waals surface area contributed by atoms with E-state index in [0.29, 0.717) is 5.16 Å². The number of nitrogens with one attached hydrogen (secondary N) is 1. The molecule has 5 nitrogen and oxygen atoms in total. The number of hydrogen-bond donors (Lipinski definition) is 1. The van der Waals surface area contributed by atoms with E-state index in [1.165, 1.54) is 11.8 Å². The van der Waals surface area contributed by atoms with Crippen LogP contribution < -0.4 is 0 Å². The number of nitrogens with zero attached hydrogens (tertiary/aromatic N) is 1. The number of fused-ring (bicyclic) bond motifs is 1. The quantitative estimate of drug-likeness (QED) is 0.506. The number of H-pyrrole nitrogens is 1. The molecule has 0 radical (unpaired) electrons. The Labute approximate surface area is 108 Å². The summed E-state index contributed by atoms with van der Waals surface area (Å²) in [6.07, 6.45) is 0. The number of ether oxygens (including phenoxy) is 1. The van der Waals surface area contributed by atoms with Crippen molar-refractivity contribution in [3.8, 4) is 0 Å². The highest BCUT2D eigenvalue weighted by atomic mass is 32.2. The average molecular weight is 264 g/mol. The second-order valence-electron chi connectivity index (χ2n) is 3.49. The molecular formula is C12H12N2O3S. The van der Waals surface area contributed by atoms with E-state index in [-0.39, 0.29) is 12.4 Å². The molecule has 0 saturated carbocycles. The number of rotatable bonds is 5. The number of thioether (sulfide) groups is 1. The summed E-state index contributed by atoms with van der Waals surface area (Å²) in [4.78, 5) is 29.9. The van der Waals surface area contributed by atoms with Gasteiger partial charge in [0.25, 0.3) is 0 Å². The van der Waals surface area contributed by atoms with Gasteiger partial charge in [0, 0.05) is 0 Å². The molecule has 0 spiro atoms. The Morgan fingerprint density at radius 2 is 2.17 bits per heavy atom. The first kappa shape index (κ1) is 12.6. The number of ketones is 1. The molecule has 1 aromatic carbocycles. The predicted octanol–water partition coefficient (Wildman–Crippen LogP) is 1.79.